The van der Waals surface area contributed by atoms with Crippen LogP contribution in [-0.2, 0) is 6.42 Å². The van der Waals surface area contributed by atoms with E-state index in [9.17, 15) is 4.39 Å². The molecule has 94 valence electrons. The van der Waals surface area contributed by atoms with Gasteiger partial charge in [-0.1, -0.05) is 18.7 Å². The number of benzene rings is 1. The Bertz CT molecular complexity index is 529. The minimum Gasteiger partial charge on any atom is -0.320 e. The molecule has 0 saturated heterocycles. The molecule has 1 atom stereocenters. The van der Waals surface area contributed by atoms with Gasteiger partial charge in [-0.15, -0.1) is 0 Å². The van der Waals surface area contributed by atoms with Crippen LogP contribution in [-0.4, -0.2) is 6.21 Å². The zero-order valence-corrected chi connectivity index (χ0v) is 10.5. The van der Waals surface area contributed by atoms with Gasteiger partial charge in [-0.05, 0) is 48.1 Å². The molecule has 2 nitrogen and oxygen atoms in total. The smallest absolute Gasteiger partial charge is 0.126 e. The number of nitrogens with zero attached hydrogens (tertiary/aromatic N) is 1. The van der Waals surface area contributed by atoms with Gasteiger partial charge in [0, 0.05) is 12.4 Å². The molecule has 0 saturated carbocycles. The van der Waals surface area contributed by atoms with Crippen molar-refractivity contribution in [2.24, 2.45) is 10.7 Å². The summed E-state index contributed by atoms with van der Waals surface area (Å²) >= 11 is 0. The van der Waals surface area contributed by atoms with Crippen LogP contribution in [0.2, 0.25) is 0 Å². The van der Waals surface area contributed by atoms with Gasteiger partial charge in [0.1, 0.15) is 5.82 Å². The van der Waals surface area contributed by atoms with Crippen molar-refractivity contribution in [3.8, 4) is 0 Å². The lowest BCUT2D eigenvalue weighted by molar-refractivity contribution is 0.605. The van der Waals surface area contributed by atoms with Gasteiger partial charge in [-0.2, -0.15) is 0 Å². The average Bonchev–Trinajstić information content (AvgIpc) is 2.47. The van der Waals surface area contributed by atoms with Gasteiger partial charge >= 0.3 is 0 Å². The van der Waals surface area contributed by atoms with Crippen LogP contribution in [0.3, 0.4) is 0 Å². The third kappa shape index (κ3) is 2.27. The highest BCUT2D eigenvalue weighted by Gasteiger charge is 2.23. The molecule has 1 aromatic carbocycles. The van der Waals surface area contributed by atoms with Crippen LogP contribution in [0.25, 0.3) is 0 Å². The van der Waals surface area contributed by atoms with E-state index in [2.05, 4.69) is 11.6 Å². The second kappa shape index (κ2) is 5.27. The summed E-state index contributed by atoms with van der Waals surface area (Å²) in [7, 11) is 0. The Morgan fingerprint density at radius 1 is 1.44 bits per heavy atom. The highest BCUT2D eigenvalue weighted by atomic mass is 19.1. The van der Waals surface area contributed by atoms with Crippen molar-refractivity contribution >= 4 is 6.21 Å². The molecule has 0 amide bonds. The summed E-state index contributed by atoms with van der Waals surface area (Å²) in [5.74, 6) is -0.184. The van der Waals surface area contributed by atoms with Crippen molar-refractivity contribution < 1.29 is 4.39 Å². The lowest BCUT2D eigenvalue weighted by Gasteiger charge is -2.16. The van der Waals surface area contributed by atoms with Crippen molar-refractivity contribution in [3.63, 3.8) is 0 Å². The van der Waals surface area contributed by atoms with Crippen LogP contribution >= 0.6 is 0 Å². The fourth-order valence-corrected chi connectivity index (χ4v) is 2.26. The van der Waals surface area contributed by atoms with Crippen molar-refractivity contribution in [2.75, 3.05) is 0 Å². The first-order valence-electron chi connectivity index (χ1n) is 6.04. The quantitative estimate of drug-likeness (QED) is 0.597. The number of rotatable bonds is 1. The molecule has 2 N–H and O–H groups in total. The minimum atomic E-state index is -0.352. The van der Waals surface area contributed by atoms with Gasteiger partial charge in [0.05, 0.1) is 6.04 Å². The topological polar surface area (TPSA) is 38.4 Å². The number of nitrogens with two attached hydrogens (primary N) is 1. The standard InChI is InChI=1S/C15H17FN2/c1-3-18-9-13-10(2)7-8-11-12(15(13)17)5-4-6-14(11)16/h3-6,9,15H,2,7-8,17H2,1H3/b13-9+,18-3?. The normalized spacial score (nSPS) is 22.3. The van der Waals surface area contributed by atoms with Crippen LogP contribution in [0.1, 0.15) is 30.5 Å². The first-order valence-corrected chi connectivity index (χ1v) is 6.04. The predicted octanol–water partition coefficient (Wildman–Crippen LogP) is 3.30. The largest absolute Gasteiger partial charge is 0.320 e. The summed E-state index contributed by atoms with van der Waals surface area (Å²) in [5, 5.41) is 0. The summed E-state index contributed by atoms with van der Waals surface area (Å²) in [4.78, 5) is 4.11. The van der Waals surface area contributed by atoms with Gasteiger partial charge < -0.3 is 5.73 Å². The Kier molecular flexibility index (Phi) is 3.72. The summed E-state index contributed by atoms with van der Waals surface area (Å²) in [6, 6.07) is 4.70. The molecule has 1 aliphatic rings. The van der Waals surface area contributed by atoms with E-state index in [4.69, 9.17) is 5.73 Å². The molecular formula is C15H17FN2. The molecule has 0 bridgehead atoms. The molecule has 1 unspecified atom stereocenters. The van der Waals surface area contributed by atoms with Crippen molar-refractivity contribution in [1.29, 1.82) is 0 Å². The maximum absolute atomic E-state index is 13.8. The summed E-state index contributed by atoms with van der Waals surface area (Å²) in [6.45, 7) is 5.87. The Morgan fingerprint density at radius 2 is 2.22 bits per heavy atom. The molecule has 1 aliphatic carbocycles. The third-order valence-corrected chi connectivity index (χ3v) is 3.27. The van der Waals surface area contributed by atoms with Crippen LogP contribution in [0.15, 0.2) is 47.1 Å². The Morgan fingerprint density at radius 3 is 2.94 bits per heavy atom. The Labute approximate surface area is 107 Å². The van der Waals surface area contributed by atoms with Crippen molar-refractivity contribution in [1.82, 2.24) is 0 Å². The minimum absolute atomic E-state index is 0.184. The van der Waals surface area contributed by atoms with Gasteiger partial charge in [-0.25, -0.2) is 4.39 Å². The second-order valence-electron chi connectivity index (χ2n) is 4.38. The van der Waals surface area contributed by atoms with E-state index in [1.807, 2.05) is 13.0 Å². The van der Waals surface area contributed by atoms with Gasteiger partial charge in [0.2, 0.25) is 0 Å². The second-order valence-corrected chi connectivity index (χ2v) is 4.38. The Balaban J connectivity index is 2.52. The molecule has 0 fully saturated rings. The number of fused-ring (bicyclic) bond motifs is 1. The zero-order valence-electron chi connectivity index (χ0n) is 10.5. The molecule has 0 aromatic heterocycles. The Hall–Kier alpha value is -1.74. The van der Waals surface area contributed by atoms with Gasteiger partial charge in [0.25, 0.3) is 0 Å². The molecule has 0 heterocycles. The molecule has 2 rings (SSSR count). The van der Waals surface area contributed by atoms with Crippen LogP contribution < -0.4 is 5.73 Å². The zero-order chi connectivity index (χ0) is 13.1. The van der Waals surface area contributed by atoms with E-state index >= 15 is 0 Å². The molecule has 3 heteroatoms. The maximum atomic E-state index is 13.8. The van der Waals surface area contributed by atoms with Crippen LogP contribution in [0.5, 0.6) is 0 Å². The highest BCUT2D eigenvalue weighted by Crippen LogP contribution is 2.34. The lowest BCUT2D eigenvalue weighted by atomic mass is 9.95. The lowest BCUT2D eigenvalue weighted by Crippen LogP contribution is -2.14. The van der Waals surface area contributed by atoms with E-state index in [-0.39, 0.29) is 11.9 Å². The predicted molar refractivity (Wildman–Crippen MR) is 73.0 cm³/mol. The highest BCUT2D eigenvalue weighted by molar-refractivity contribution is 5.55. The van der Waals surface area contributed by atoms with E-state index < -0.39 is 0 Å². The number of hydrogen-bond donors (Lipinski definition) is 1. The van der Waals surface area contributed by atoms with E-state index in [0.29, 0.717) is 18.4 Å². The monoisotopic (exact) mass is 244 g/mol. The summed E-state index contributed by atoms with van der Waals surface area (Å²) < 4.78 is 13.8. The average molecular weight is 244 g/mol. The van der Waals surface area contributed by atoms with Crippen molar-refractivity contribution in [2.45, 2.75) is 25.8 Å². The molecule has 0 radical (unpaired) electrons. The van der Waals surface area contributed by atoms with E-state index in [1.54, 1.807) is 18.5 Å². The van der Waals surface area contributed by atoms with E-state index in [0.717, 1.165) is 16.7 Å². The first kappa shape index (κ1) is 12.7. The number of halogens is 1. The SMILES string of the molecule is C=C1CCc2c(F)cccc2C(N)/C1=C/N=CC. The molecule has 0 spiro atoms. The van der Waals surface area contributed by atoms with E-state index in [1.165, 1.54) is 6.07 Å². The third-order valence-electron chi connectivity index (χ3n) is 3.27. The maximum Gasteiger partial charge on any atom is 0.126 e. The molecular weight excluding hydrogens is 227 g/mol. The molecule has 1 aromatic rings. The van der Waals surface area contributed by atoms with Gasteiger partial charge in [0.15, 0.2) is 0 Å². The number of hydrogen-bond acceptors (Lipinski definition) is 2. The fourth-order valence-electron chi connectivity index (χ4n) is 2.26. The molecule has 18 heavy (non-hydrogen) atoms. The number of aliphatic imine (C=N–C) groups is 1. The van der Waals surface area contributed by atoms with Crippen LogP contribution in [0.4, 0.5) is 4.39 Å². The van der Waals surface area contributed by atoms with Crippen molar-refractivity contribution in [3.05, 3.63) is 59.1 Å². The molecule has 0 aliphatic heterocycles. The van der Waals surface area contributed by atoms with Crippen LogP contribution in [0, 0.1) is 5.82 Å². The first-order chi connectivity index (χ1) is 8.65. The fraction of sp³-hybridized carbons (Fsp3) is 0.267. The van der Waals surface area contributed by atoms with Gasteiger partial charge in [-0.3, -0.25) is 4.99 Å². The summed E-state index contributed by atoms with van der Waals surface area (Å²) in [6.07, 6.45) is 4.78. The summed E-state index contributed by atoms with van der Waals surface area (Å²) in [5.41, 5.74) is 9.58.